The number of aromatic nitrogens is 2. The van der Waals surface area contributed by atoms with Gasteiger partial charge in [-0.3, -0.25) is 4.98 Å². The number of pyridine rings is 1. The van der Waals surface area contributed by atoms with Crippen molar-refractivity contribution in [1.82, 2.24) is 10.1 Å². The summed E-state index contributed by atoms with van der Waals surface area (Å²) in [6.45, 7) is 4.35. The molecule has 0 radical (unpaired) electrons. The van der Waals surface area contributed by atoms with E-state index in [4.69, 9.17) is 4.52 Å². The number of hydrogen-bond donors (Lipinski definition) is 1. The predicted molar refractivity (Wildman–Crippen MR) is 84.9 cm³/mol. The maximum Gasteiger partial charge on any atom is 0.416 e. The van der Waals surface area contributed by atoms with Crippen LogP contribution in [0.3, 0.4) is 0 Å². The van der Waals surface area contributed by atoms with Crippen LogP contribution in [-0.4, -0.2) is 16.7 Å². The van der Waals surface area contributed by atoms with Gasteiger partial charge in [0.05, 0.1) is 16.8 Å². The number of halogens is 3. The molecule has 0 atom stereocenters. The third kappa shape index (κ3) is 3.20. The van der Waals surface area contributed by atoms with Gasteiger partial charge in [0.1, 0.15) is 5.76 Å². The quantitative estimate of drug-likeness (QED) is 0.762. The topological polar surface area (TPSA) is 51.0 Å². The Morgan fingerprint density at radius 3 is 2.62 bits per heavy atom. The van der Waals surface area contributed by atoms with Gasteiger partial charge in [-0.25, -0.2) is 0 Å². The molecule has 2 aromatic heterocycles. The van der Waals surface area contributed by atoms with Gasteiger partial charge in [0.15, 0.2) is 0 Å². The van der Waals surface area contributed by atoms with Gasteiger partial charge in [-0.1, -0.05) is 11.2 Å². The first kappa shape index (κ1) is 16.3. The third-order valence-corrected chi connectivity index (χ3v) is 3.94. The second-order valence-electron chi connectivity index (χ2n) is 5.57. The van der Waals surface area contributed by atoms with Crippen molar-refractivity contribution in [3.05, 3.63) is 53.0 Å². The average molecular weight is 335 g/mol. The molecule has 3 rings (SSSR count). The van der Waals surface area contributed by atoms with Crippen LogP contribution in [-0.2, 0) is 12.6 Å². The molecule has 2 heterocycles. The zero-order chi connectivity index (χ0) is 17.3. The summed E-state index contributed by atoms with van der Waals surface area (Å²) in [5, 5.41) is 7.81. The number of alkyl halides is 3. The number of aryl methyl sites for hydroxylation is 2. The molecule has 0 unspecified atom stereocenters. The van der Waals surface area contributed by atoms with Gasteiger partial charge in [-0.05, 0) is 38.5 Å². The summed E-state index contributed by atoms with van der Waals surface area (Å²) < 4.78 is 43.5. The van der Waals surface area contributed by atoms with E-state index in [1.807, 2.05) is 13.8 Å². The van der Waals surface area contributed by atoms with E-state index < -0.39 is 11.7 Å². The first-order valence-electron chi connectivity index (χ1n) is 7.48. The lowest BCUT2D eigenvalue weighted by atomic mass is 10.1. The molecule has 126 valence electrons. The molecule has 0 spiro atoms. The molecule has 1 aromatic carbocycles. The van der Waals surface area contributed by atoms with Gasteiger partial charge in [-0.2, -0.15) is 13.2 Å². The second-order valence-corrected chi connectivity index (χ2v) is 5.57. The standard InChI is InChI=1S/C17H16F3N3O/c1-10-13(11(2)24-23-10)5-7-21-15-6-8-22-16-9-12(17(18,19)20)3-4-14(15)16/h3-4,6,8-9H,5,7H2,1-2H3,(H,21,22). The van der Waals surface area contributed by atoms with Gasteiger partial charge in [0, 0.05) is 29.4 Å². The van der Waals surface area contributed by atoms with E-state index in [2.05, 4.69) is 15.5 Å². The van der Waals surface area contributed by atoms with E-state index >= 15 is 0 Å². The van der Waals surface area contributed by atoms with Crippen LogP contribution in [0.4, 0.5) is 18.9 Å². The van der Waals surface area contributed by atoms with Crippen LogP contribution in [0.2, 0.25) is 0 Å². The molecule has 0 saturated heterocycles. The Morgan fingerprint density at radius 1 is 1.17 bits per heavy atom. The maximum atomic E-state index is 12.8. The smallest absolute Gasteiger partial charge is 0.384 e. The molecule has 7 heteroatoms. The summed E-state index contributed by atoms with van der Waals surface area (Å²) in [6.07, 6.45) is -2.16. The van der Waals surface area contributed by atoms with E-state index in [0.717, 1.165) is 34.8 Å². The minimum atomic E-state index is -4.37. The molecule has 0 aliphatic carbocycles. The fraction of sp³-hybridized carbons (Fsp3) is 0.294. The molecular formula is C17H16F3N3O. The summed E-state index contributed by atoms with van der Waals surface area (Å²) in [5.74, 6) is 0.781. The van der Waals surface area contributed by atoms with Crippen LogP contribution < -0.4 is 5.32 Å². The van der Waals surface area contributed by atoms with E-state index in [9.17, 15) is 13.2 Å². The highest BCUT2D eigenvalue weighted by Crippen LogP contribution is 2.32. The molecule has 0 saturated carbocycles. The molecule has 0 aliphatic heterocycles. The summed E-state index contributed by atoms with van der Waals surface area (Å²) in [6, 6.07) is 5.34. The normalized spacial score (nSPS) is 11.9. The van der Waals surface area contributed by atoms with Crippen LogP contribution in [0.1, 0.15) is 22.6 Å². The number of nitrogens with one attached hydrogen (secondary N) is 1. The maximum absolute atomic E-state index is 12.8. The highest BCUT2D eigenvalue weighted by atomic mass is 19.4. The Hall–Kier alpha value is -2.57. The Morgan fingerprint density at radius 2 is 1.96 bits per heavy atom. The van der Waals surface area contributed by atoms with Crippen molar-refractivity contribution in [2.45, 2.75) is 26.4 Å². The van der Waals surface area contributed by atoms with Gasteiger partial charge in [0.25, 0.3) is 0 Å². The van der Waals surface area contributed by atoms with Crippen LogP contribution in [0, 0.1) is 13.8 Å². The minimum absolute atomic E-state index is 0.312. The molecule has 24 heavy (non-hydrogen) atoms. The summed E-state index contributed by atoms with van der Waals surface area (Å²) in [5.41, 5.74) is 2.26. The van der Waals surface area contributed by atoms with E-state index in [1.165, 1.54) is 12.3 Å². The van der Waals surface area contributed by atoms with Gasteiger partial charge in [0.2, 0.25) is 0 Å². The van der Waals surface area contributed by atoms with E-state index in [0.29, 0.717) is 23.9 Å². The summed E-state index contributed by atoms with van der Waals surface area (Å²) in [7, 11) is 0. The van der Waals surface area contributed by atoms with Gasteiger partial charge >= 0.3 is 6.18 Å². The zero-order valence-electron chi connectivity index (χ0n) is 13.2. The van der Waals surface area contributed by atoms with E-state index in [1.54, 1.807) is 6.07 Å². The molecule has 0 amide bonds. The van der Waals surface area contributed by atoms with Crippen molar-refractivity contribution < 1.29 is 17.7 Å². The number of hydrogen-bond acceptors (Lipinski definition) is 4. The lowest BCUT2D eigenvalue weighted by Gasteiger charge is -2.11. The van der Waals surface area contributed by atoms with E-state index in [-0.39, 0.29) is 0 Å². The van der Waals surface area contributed by atoms with Crippen molar-refractivity contribution in [1.29, 1.82) is 0 Å². The van der Waals surface area contributed by atoms with Crippen molar-refractivity contribution in [3.63, 3.8) is 0 Å². The molecular weight excluding hydrogens is 319 g/mol. The predicted octanol–water partition coefficient (Wildman–Crippen LogP) is 4.51. The first-order valence-corrected chi connectivity index (χ1v) is 7.48. The molecule has 0 aliphatic rings. The average Bonchev–Trinajstić information content (AvgIpc) is 2.85. The van der Waals surface area contributed by atoms with Crippen molar-refractivity contribution in [3.8, 4) is 0 Å². The number of fused-ring (bicyclic) bond motifs is 1. The first-order chi connectivity index (χ1) is 11.4. The Balaban J connectivity index is 1.80. The van der Waals surface area contributed by atoms with Crippen molar-refractivity contribution in [2.24, 2.45) is 0 Å². The Kier molecular flexibility index (Phi) is 4.17. The highest BCUT2D eigenvalue weighted by molar-refractivity contribution is 5.91. The molecule has 3 aromatic rings. The summed E-state index contributed by atoms with van der Waals surface area (Å²) >= 11 is 0. The Labute approximate surface area is 136 Å². The number of benzene rings is 1. The third-order valence-electron chi connectivity index (χ3n) is 3.94. The van der Waals surface area contributed by atoms with Crippen molar-refractivity contribution in [2.75, 3.05) is 11.9 Å². The highest BCUT2D eigenvalue weighted by Gasteiger charge is 2.30. The molecule has 4 nitrogen and oxygen atoms in total. The fourth-order valence-corrected chi connectivity index (χ4v) is 2.66. The molecule has 0 bridgehead atoms. The number of anilines is 1. The Bertz CT molecular complexity index is 852. The lowest BCUT2D eigenvalue weighted by molar-refractivity contribution is -0.137. The number of rotatable bonds is 4. The van der Waals surface area contributed by atoms with Crippen molar-refractivity contribution >= 4 is 16.6 Å². The van der Waals surface area contributed by atoms with Crippen LogP contribution in [0.5, 0.6) is 0 Å². The molecule has 0 fully saturated rings. The zero-order valence-corrected chi connectivity index (χ0v) is 13.2. The minimum Gasteiger partial charge on any atom is -0.384 e. The monoisotopic (exact) mass is 335 g/mol. The lowest BCUT2D eigenvalue weighted by Crippen LogP contribution is -2.07. The van der Waals surface area contributed by atoms with Gasteiger partial charge in [-0.15, -0.1) is 0 Å². The van der Waals surface area contributed by atoms with Crippen LogP contribution >= 0.6 is 0 Å². The largest absolute Gasteiger partial charge is 0.416 e. The second kappa shape index (κ2) is 6.14. The number of nitrogens with zero attached hydrogens (tertiary/aromatic N) is 2. The fourth-order valence-electron chi connectivity index (χ4n) is 2.66. The van der Waals surface area contributed by atoms with Crippen LogP contribution in [0.15, 0.2) is 35.0 Å². The van der Waals surface area contributed by atoms with Gasteiger partial charge < -0.3 is 9.84 Å². The van der Waals surface area contributed by atoms with Crippen LogP contribution in [0.25, 0.3) is 10.9 Å². The molecule has 1 N–H and O–H groups in total. The SMILES string of the molecule is Cc1noc(C)c1CCNc1ccnc2cc(C(F)(F)F)ccc12. The summed E-state index contributed by atoms with van der Waals surface area (Å²) in [4.78, 5) is 4.04.